The molecule has 1 atom stereocenters. The van der Waals surface area contributed by atoms with Crippen molar-refractivity contribution in [3.63, 3.8) is 0 Å². The second kappa shape index (κ2) is 7.89. The summed E-state index contributed by atoms with van der Waals surface area (Å²) in [5.74, 6) is 0.963. The van der Waals surface area contributed by atoms with E-state index in [-0.39, 0.29) is 11.2 Å². The fourth-order valence-corrected chi connectivity index (χ4v) is 2.98. The molecule has 0 radical (unpaired) electrons. The van der Waals surface area contributed by atoms with Gasteiger partial charge in [0.1, 0.15) is 0 Å². The Morgan fingerprint density at radius 3 is 2.48 bits per heavy atom. The summed E-state index contributed by atoms with van der Waals surface area (Å²) in [5.41, 5.74) is 3.70. The van der Waals surface area contributed by atoms with Gasteiger partial charge < -0.3 is 5.32 Å². The minimum atomic E-state index is -0.0479. The van der Waals surface area contributed by atoms with E-state index in [2.05, 4.69) is 24.4 Å². The molecule has 0 aliphatic heterocycles. The molecule has 2 nitrogen and oxygen atoms in total. The first-order chi connectivity index (χ1) is 10.2. The van der Waals surface area contributed by atoms with Gasteiger partial charge in [0.05, 0.1) is 5.25 Å². The number of thioether (sulfide) groups is 1. The van der Waals surface area contributed by atoms with Crippen molar-refractivity contribution in [2.75, 3.05) is 0 Å². The van der Waals surface area contributed by atoms with Gasteiger partial charge in [0.2, 0.25) is 5.91 Å². The van der Waals surface area contributed by atoms with Gasteiger partial charge in [-0.3, -0.25) is 4.79 Å². The Labute approximate surface area is 131 Å². The zero-order valence-electron chi connectivity index (χ0n) is 12.5. The zero-order valence-corrected chi connectivity index (χ0v) is 13.3. The Balaban J connectivity index is 1.79. The summed E-state index contributed by atoms with van der Waals surface area (Å²) in [6, 6.07) is 18.3. The summed E-state index contributed by atoms with van der Waals surface area (Å²) >= 11 is 1.67. The number of carbonyl (C=O) groups is 1. The van der Waals surface area contributed by atoms with E-state index in [4.69, 9.17) is 0 Å². The Bertz CT molecular complexity index is 583. The van der Waals surface area contributed by atoms with Gasteiger partial charge >= 0.3 is 0 Å². The van der Waals surface area contributed by atoms with E-state index in [9.17, 15) is 4.79 Å². The molecule has 0 aliphatic carbocycles. The lowest BCUT2D eigenvalue weighted by molar-refractivity contribution is -0.120. The summed E-state index contributed by atoms with van der Waals surface area (Å²) < 4.78 is 0. The largest absolute Gasteiger partial charge is 0.351 e. The summed E-state index contributed by atoms with van der Waals surface area (Å²) in [6.45, 7) is 4.66. The van der Waals surface area contributed by atoms with Crippen LogP contribution < -0.4 is 5.32 Å². The highest BCUT2D eigenvalue weighted by Gasteiger charge is 2.13. The maximum absolute atomic E-state index is 12.1. The fourth-order valence-electron chi connectivity index (χ4n) is 1.99. The highest BCUT2D eigenvalue weighted by molar-refractivity contribution is 7.99. The predicted molar refractivity (Wildman–Crippen MR) is 90.2 cm³/mol. The van der Waals surface area contributed by atoms with Gasteiger partial charge in [-0.2, -0.15) is 0 Å². The van der Waals surface area contributed by atoms with Gasteiger partial charge in [0.25, 0.3) is 0 Å². The van der Waals surface area contributed by atoms with Gasteiger partial charge in [0.15, 0.2) is 0 Å². The Morgan fingerprint density at radius 1 is 1.10 bits per heavy atom. The van der Waals surface area contributed by atoms with Crippen LogP contribution in [0.3, 0.4) is 0 Å². The molecule has 0 fully saturated rings. The second-order valence-electron chi connectivity index (χ2n) is 5.08. The van der Waals surface area contributed by atoms with Crippen LogP contribution in [0, 0.1) is 6.92 Å². The third-order valence-corrected chi connectivity index (χ3v) is 4.62. The highest BCUT2D eigenvalue weighted by atomic mass is 32.2. The molecular formula is C18H21NOS. The van der Waals surface area contributed by atoms with Gasteiger partial charge in [-0.25, -0.2) is 0 Å². The predicted octanol–water partition coefficient (Wildman–Crippen LogP) is 3.93. The minimum Gasteiger partial charge on any atom is -0.351 e. The standard InChI is InChI=1S/C18H21NOS/c1-14-8-6-7-11-17(14)13-21-15(2)18(20)19-12-16-9-4-3-5-10-16/h3-11,15H,12-13H2,1-2H3,(H,19,20). The third kappa shape index (κ3) is 4.94. The Kier molecular flexibility index (Phi) is 5.88. The molecule has 1 unspecified atom stereocenters. The second-order valence-corrected chi connectivity index (χ2v) is 6.41. The lowest BCUT2D eigenvalue weighted by atomic mass is 10.1. The number of benzene rings is 2. The third-order valence-electron chi connectivity index (χ3n) is 3.43. The van der Waals surface area contributed by atoms with Crippen LogP contribution in [0.4, 0.5) is 0 Å². The lowest BCUT2D eigenvalue weighted by Crippen LogP contribution is -2.30. The van der Waals surface area contributed by atoms with Gasteiger partial charge in [-0.15, -0.1) is 11.8 Å². The molecule has 0 saturated carbocycles. The lowest BCUT2D eigenvalue weighted by Gasteiger charge is -2.13. The first kappa shape index (κ1) is 15.6. The summed E-state index contributed by atoms with van der Waals surface area (Å²) in [6.07, 6.45) is 0. The molecule has 0 saturated heterocycles. The van der Waals surface area contributed by atoms with Gasteiger partial charge in [-0.1, -0.05) is 54.6 Å². The van der Waals surface area contributed by atoms with Crippen molar-refractivity contribution in [3.05, 3.63) is 71.3 Å². The van der Waals surface area contributed by atoms with Crippen LogP contribution in [0.5, 0.6) is 0 Å². The molecule has 2 aromatic carbocycles. The number of amides is 1. The first-order valence-electron chi connectivity index (χ1n) is 7.14. The molecule has 1 amide bonds. The van der Waals surface area contributed by atoms with Crippen LogP contribution in [0.2, 0.25) is 0 Å². The number of carbonyl (C=O) groups excluding carboxylic acids is 1. The smallest absolute Gasteiger partial charge is 0.233 e. The van der Waals surface area contributed by atoms with Crippen molar-refractivity contribution in [2.24, 2.45) is 0 Å². The Morgan fingerprint density at radius 2 is 1.76 bits per heavy atom. The van der Waals surface area contributed by atoms with E-state index in [1.54, 1.807) is 11.8 Å². The normalized spacial score (nSPS) is 11.9. The van der Waals surface area contributed by atoms with Crippen molar-refractivity contribution in [1.82, 2.24) is 5.32 Å². The highest BCUT2D eigenvalue weighted by Crippen LogP contribution is 2.20. The molecule has 0 spiro atoms. The molecule has 21 heavy (non-hydrogen) atoms. The van der Waals surface area contributed by atoms with Crippen molar-refractivity contribution in [2.45, 2.75) is 31.4 Å². The monoisotopic (exact) mass is 299 g/mol. The molecule has 0 heterocycles. The van der Waals surface area contributed by atoms with E-state index in [0.29, 0.717) is 6.54 Å². The van der Waals surface area contributed by atoms with Crippen molar-refractivity contribution in [3.8, 4) is 0 Å². The number of nitrogens with one attached hydrogen (secondary N) is 1. The molecule has 2 aromatic rings. The number of hydrogen-bond acceptors (Lipinski definition) is 2. The SMILES string of the molecule is Cc1ccccc1CSC(C)C(=O)NCc1ccccc1. The van der Waals surface area contributed by atoms with Crippen molar-refractivity contribution >= 4 is 17.7 Å². The van der Waals surface area contributed by atoms with Crippen LogP contribution in [-0.2, 0) is 17.1 Å². The summed E-state index contributed by atoms with van der Waals surface area (Å²) in [7, 11) is 0. The molecule has 2 rings (SSSR count). The van der Waals surface area contributed by atoms with E-state index < -0.39 is 0 Å². The van der Waals surface area contributed by atoms with E-state index in [0.717, 1.165) is 11.3 Å². The summed E-state index contributed by atoms with van der Waals surface area (Å²) in [5, 5.41) is 2.94. The van der Waals surface area contributed by atoms with Crippen LogP contribution in [-0.4, -0.2) is 11.2 Å². The van der Waals surface area contributed by atoms with Crippen molar-refractivity contribution in [1.29, 1.82) is 0 Å². The molecule has 3 heteroatoms. The van der Waals surface area contributed by atoms with E-state index in [1.165, 1.54) is 11.1 Å². The molecule has 110 valence electrons. The Hall–Kier alpha value is -1.74. The molecule has 0 bridgehead atoms. The zero-order chi connectivity index (χ0) is 15.1. The van der Waals surface area contributed by atoms with Gasteiger partial charge in [-0.05, 0) is 30.5 Å². The number of hydrogen-bond donors (Lipinski definition) is 1. The number of rotatable bonds is 6. The minimum absolute atomic E-state index is 0.0479. The maximum Gasteiger partial charge on any atom is 0.233 e. The van der Waals surface area contributed by atoms with Crippen LogP contribution in [0.25, 0.3) is 0 Å². The van der Waals surface area contributed by atoms with E-state index >= 15 is 0 Å². The summed E-state index contributed by atoms with van der Waals surface area (Å²) in [4.78, 5) is 12.1. The molecular weight excluding hydrogens is 278 g/mol. The quantitative estimate of drug-likeness (QED) is 0.875. The van der Waals surface area contributed by atoms with Gasteiger partial charge in [0, 0.05) is 12.3 Å². The number of aryl methyl sites for hydroxylation is 1. The fraction of sp³-hybridized carbons (Fsp3) is 0.278. The topological polar surface area (TPSA) is 29.1 Å². The average molecular weight is 299 g/mol. The van der Waals surface area contributed by atoms with Crippen LogP contribution in [0.1, 0.15) is 23.6 Å². The van der Waals surface area contributed by atoms with E-state index in [1.807, 2.05) is 49.4 Å². The molecule has 1 N–H and O–H groups in total. The molecule has 0 aromatic heterocycles. The maximum atomic E-state index is 12.1. The molecule has 0 aliphatic rings. The van der Waals surface area contributed by atoms with Crippen LogP contribution >= 0.6 is 11.8 Å². The average Bonchev–Trinajstić information content (AvgIpc) is 2.52. The first-order valence-corrected chi connectivity index (χ1v) is 8.19. The van der Waals surface area contributed by atoms with Crippen molar-refractivity contribution < 1.29 is 4.79 Å². The van der Waals surface area contributed by atoms with Crippen LogP contribution in [0.15, 0.2) is 54.6 Å².